The van der Waals surface area contributed by atoms with Gasteiger partial charge in [-0.25, -0.2) is 9.59 Å². The number of benzene rings is 2. The second-order valence-corrected chi connectivity index (χ2v) is 14.0. The largest absolute Gasteiger partial charge is 0.445 e. The number of rotatable bonds is 16. The lowest BCUT2D eigenvalue weighted by Gasteiger charge is -2.30. The molecule has 12 nitrogen and oxygen atoms in total. The van der Waals surface area contributed by atoms with Gasteiger partial charge in [0.2, 0.25) is 5.91 Å². The van der Waals surface area contributed by atoms with Crippen LogP contribution in [0.15, 0.2) is 95.8 Å². The fourth-order valence-electron chi connectivity index (χ4n) is 5.39. The first kappa shape index (κ1) is 38.6. The van der Waals surface area contributed by atoms with Crippen molar-refractivity contribution in [3.8, 4) is 0 Å². The molecule has 4 rings (SSSR count). The highest BCUT2D eigenvalue weighted by Crippen LogP contribution is 2.23. The number of carbonyl (C=O) groups is 3. The van der Waals surface area contributed by atoms with Gasteiger partial charge >= 0.3 is 12.2 Å². The predicted molar refractivity (Wildman–Crippen MR) is 191 cm³/mol. The van der Waals surface area contributed by atoms with Crippen LogP contribution in [0, 0.1) is 5.92 Å². The van der Waals surface area contributed by atoms with Gasteiger partial charge in [-0.2, -0.15) is 0 Å². The zero-order chi connectivity index (χ0) is 36.8. The van der Waals surface area contributed by atoms with Crippen molar-refractivity contribution in [3.05, 3.63) is 119 Å². The molecule has 2 aromatic heterocycles. The molecule has 4 aromatic rings. The summed E-state index contributed by atoms with van der Waals surface area (Å²) in [6.45, 7) is 9.46. The van der Waals surface area contributed by atoms with E-state index in [4.69, 9.17) is 14.0 Å². The highest BCUT2D eigenvalue weighted by Gasteiger charge is 2.31. The maximum absolute atomic E-state index is 13.8. The lowest BCUT2D eigenvalue weighted by Crippen LogP contribution is -2.56. The van der Waals surface area contributed by atoms with Gasteiger partial charge in [-0.05, 0) is 42.4 Å². The number of aromatic nitrogens is 2. The molecular formula is C39H49N5O7. The smallest absolute Gasteiger partial charge is 0.408 e. The van der Waals surface area contributed by atoms with Crippen LogP contribution in [0.4, 0.5) is 9.59 Å². The van der Waals surface area contributed by atoms with Crippen LogP contribution in [0.2, 0.25) is 0 Å². The number of nitrogens with zero attached hydrogens (tertiary/aromatic N) is 2. The second kappa shape index (κ2) is 18.7. The summed E-state index contributed by atoms with van der Waals surface area (Å²) in [5, 5.41) is 24.2. The van der Waals surface area contributed by atoms with Gasteiger partial charge in [-0.3, -0.25) is 9.78 Å². The molecule has 0 aliphatic carbocycles. The molecule has 0 unspecified atom stereocenters. The van der Waals surface area contributed by atoms with Crippen LogP contribution in [0.25, 0.3) is 0 Å². The maximum Gasteiger partial charge on any atom is 0.408 e. The van der Waals surface area contributed by atoms with Gasteiger partial charge in [0.25, 0.3) is 0 Å². The number of aliphatic hydroxyl groups excluding tert-OH is 1. The van der Waals surface area contributed by atoms with Gasteiger partial charge in [-0.1, -0.05) is 107 Å². The van der Waals surface area contributed by atoms with Crippen LogP contribution >= 0.6 is 0 Å². The lowest BCUT2D eigenvalue weighted by molar-refractivity contribution is -0.125. The maximum atomic E-state index is 13.8. The molecule has 0 fully saturated rings. The van der Waals surface area contributed by atoms with Gasteiger partial charge in [0.05, 0.1) is 12.1 Å². The Morgan fingerprint density at radius 1 is 0.804 bits per heavy atom. The van der Waals surface area contributed by atoms with E-state index >= 15 is 0 Å². The highest BCUT2D eigenvalue weighted by molar-refractivity contribution is 5.86. The topological polar surface area (TPSA) is 165 Å². The Morgan fingerprint density at radius 2 is 1.41 bits per heavy atom. The van der Waals surface area contributed by atoms with Crippen molar-refractivity contribution in [2.24, 2.45) is 5.92 Å². The molecule has 0 saturated heterocycles. The SMILES string of the molecule is CC(C)[C@H](NC(=O)OCc1cc(C(C)(C)C)on1)C(=O)N[C@@H](Cc1ccccc1)[C@@H](O)C[C@H](Cc1ccccc1)NC(=O)OCc1cccnc1. The van der Waals surface area contributed by atoms with Gasteiger partial charge in [0, 0.05) is 35.5 Å². The summed E-state index contributed by atoms with van der Waals surface area (Å²) >= 11 is 0. The number of ether oxygens (including phenoxy) is 2. The Balaban J connectivity index is 1.45. The summed E-state index contributed by atoms with van der Waals surface area (Å²) in [4.78, 5) is 43.6. The first-order valence-electron chi connectivity index (χ1n) is 17.1. The van der Waals surface area contributed by atoms with Crippen molar-refractivity contribution in [1.82, 2.24) is 26.1 Å². The number of hydrogen-bond acceptors (Lipinski definition) is 9. The third-order valence-corrected chi connectivity index (χ3v) is 8.23. The molecule has 3 amide bonds. The Bertz CT molecular complexity index is 1660. The fourth-order valence-corrected chi connectivity index (χ4v) is 5.39. The van der Waals surface area contributed by atoms with E-state index in [-0.39, 0.29) is 31.0 Å². The minimum atomic E-state index is -1.09. The van der Waals surface area contributed by atoms with Crippen LogP contribution < -0.4 is 16.0 Å². The van der Waals surface area contributed by atoms with E-state index < -0.39 is 42.3 Å². The monoisotopic (exact) mass is 699 g/mol. The molecule has 0 bridgehead atoms. The molecule has 0 radical (unpaired) electrons. The van der Waals surface area contributed by atoms with Crippen molar-refractivity contribution in [3.63, 3.8) is 0 Å². The molecule has 4 N–H and O–H groups in total. The molecule has 51 heavy (non-hydrogen) atoms. The van der Waals surface area contributed by atoms with Crippen molar-refractivity contribution in [2.75, 3.05) is 0 Å². The number of carbonyl (C=O) groups excluding carboxylic acids is 3. The number of hydrogen-bond donors (Lipinski definition) is 4. The second-order valence-electron chi connectivity index (χ2n) is 14.0. The zero-order valence-electron chi connectivity index (χ0n) is 29.9. The molecule has 0 spiro atoms. The Kier molecular flexibility index (Phi) is 14.1. The van der Waals surface area contributed by atoms with Gasteiger partial charge in [0.15, 0.2) is 0 Å². The average molecular weight is 700 g/mol. The van der Waals surface area contributed by atoms with Crippen molar-refractivity contribution >= 4 is 18.1 Å². The Hall–Kier alpha value is -5.23. The van der Waals surface area contributed by atoms with Crippen LogP contribution in [0.3, 0.4) is 0 Å². The van der Waals surface area contributed by atoms with E-state index in [1.54, 1.807) is 44.4 Å². The third kappa shape index (κ3) is 12.9. The Labute approximate surface area is 299 Å². The molecule has 272 valence electrons. The van der Waals surface area contributed by atoms with E-state index in [1.807, 2.05) is 81.4 Å². The normalized spacial score (nSPS) is 13.8. The van der Waals surface area contributed by atoms with Crippen LogP contribution in [-0.4, -0.2) is 57.6 Å². The summed E-state index contributed by atoms with van der Waals surface area (Å²) in [5.74, 6) is -0.137. The van der Waals surface area contributed by atoms with Gasteiger partial charge < -0.3 is 35.1 Å². The number of aliphatic hydroxyl groups is 1. The number of amides is 3. The Morgan fingerprint density at radius 3 is 2.00 bits per heavy atom. The molecule has 0 saturated carbocycles. The quantitative estimate of drug-likeness (QED) is 0.116. The van der Waals surface area contributed by atoms with E-state index in [9.17, 15) is 19.5 Å². The number of pyridine rings is 1. The summed E-state index contributed by atoms with van der Waals surface area (Å²) in [6.07, 6.45) is 1.55. The number of alkyl carbamates (subject to hydrolysis) is 2. The minimum absolute atomic E-state index is 0.0372. The van der Waals surface area contributed by atoms with Crippen LogP contribution in [0.5, 0.6) is 0 Å². The van der Waals surface area contributed by atoms with Crippen molar-refractivity contribution < 1.29 is 33.5 Å². The summed E-state index contributed by atoms with van der Waals surface area (Å²) in [5.41, 5.74) is 2.78. The molecule has 0 aliphatic heterocycles. The standard InChI is InChI=1S/C39H49N5O7/c1-26(2)35(43-38(48)50-25-31-22-34(51-44-31)39(3,4)5)36(46)42-32(20-28-15-10-7-11-16-28)33(45)21-30(19-27-13-8-6-9-14-27)41-37(47)49-24-29-17-12-18-40-23-29/h6-18,22-23,26,30,32-33,35,45H,19-21,24-25H2,1-5H3,(H,41,47)(H,42,46)(H,43,48)/t30-,32-,33-,35-/m0/s1. The zero-order valence-corrected chi connectivity index (χ0v) is 29.9. The fraction of sp³-hybridized carbons (Fsp3) is 0.410. The molecule has 12 heteroatoms. The predicted octanol–water partition coefficient (Wildman–Crippen LogP) is 5.63. The molecule has 2 heterocycles. The lowest BCUT2D eigenvalue weighted by atomic mass is 9.93. The van der Waals surface area contributed by atoms with Crippen molar-refractivity contribution in [1.29, 1.82) is 0 Å². The van der Waals surface area contributed by atoms with E-state index in [1.165, 1.54) is 0 Å². The summed E-state index contributed by atoms with van der Waals surface area (Å²) in [7, 11) is 0. The van der Waals surface area contributed by atoms with Gasteiger partial charge in [0.1, 0.15) is 30.7 Å². The first-order valence-corrected chi connectivity index (χ1v) is 17.1. The van der Waals surface area contributed by atoms with Crippen LogP contribution in [0.1, 0.15) is 69.2 Å². The van der Waals surface area contributed by atoms with E-state index in [2.05, 4.69) is 26.1 Å². The highest BCUT2D eigenvalue weighted by atomic mass is 16.6. The summed E-state index contributed by atoms with van der Waals surface area (Å²) in [6, 6.07) is 22.1. The van der Waals surface area contributed by atoms with Crippen LogP contribution in [-0.2, 0) is 45.7 Å². The van der Waals surface area contributed by atoms with E-state index in [0.29, 0.717) is 24.3 Å². The minimum Gasteiger partial charge on any atom is -0.445 e. The molecule has 2 aromatic carbocycles. The molecule has 4 atom stereocenters. The van der Waals surface area contributed by atoms with Gasteiger partial charge in [-0.15, -0.1) is 0 Å². The average Bonchev–Trinajstić information content (AvgIpc) is 3.60. The number of nitrogens with one attached hydrogen (secondary N) is 3. The third-order valence-electron chi connectivity index (χ3n) is 8.23. The molecule has 0 aliphatic rings. The first-order chi connectivity index (χ1) is 24.4. The van der Waals surface area contributed by atoms with E-state index in [0.717, 1.165) is 16.7 Å². The summed E-state index contributed by atoms with van der Waals surface area (Å²) < 4.78 is 16.2. The van der Waals surface area contributed by atoms with Crippen molar-refractivity contribution in [2.45, 2.75) is 96.7 Å². The molecular weight excluding hydrogens is 650 g/mol.